The lowest BCUT2D eigenvalue weighted by molar-refractivity contribution is 0.0696. The first-order valence-corrected chi connectivity index (χ1v) is 7.64. The number of carbonyl (C=O) groups is 1. The summed E-state index contributed by atoms with van der Waals surface area (Å²) < 4.78 is 0. The van der Waals surface area contributed by atoms with E-state index in [9.17, 15) is 9.59 Å². The van der Waals surface area contributed by atoms with Gasteiger partial charge in [0.1, 0.15) is 5.94 Å². The van der Waals surface area contributed by atoms with Gasteiger partial charge in [0.05, 0.1) is 11.6 Å². The molecule has 1 heterocycles. The summed E-state index contributed by atoms with van der Waals surface area (Å²) in [5.74, 6) is 1.08. The highest BCUT2D eigenvalue weighted by Gasteiger charge is 2.37. The first kappa shape index (κ1) is 15.3. The van der Waals surface area contributed by atoms with Crippen LogP contribution < -0.4 is 5.32 Å². The van der Waals surface area contributed by atoms with E-state index in [2.05, 4.69) is 25.2 Å². The second-order valence-corrected chi connectivity index (χ2v) is 6.82. The second-order valence-electron chi connectivity index (χ2n) is 6.82. The van der Waals surface area contributed by atoms with E-state index in [1.165, 1.54) is 0 Å². The number of hydrogen-bond donors (Lipinski definition) is 2. The minimum absolute atomic E-state index is 0.0882. The lowest BCUT2D eigenvalue weighted by atomic mass is 9.71. The fraction of sp³-hybridized carbons (Fsp3) is 0.316. The Bertz CT molecular complexity index is 780. The summed E-state index contributed by atoms with van der Waals surface area (Å²) >= 11 is 0. The summed E-state index contributed by atoms with van der Waals surface area (Å²) in [5.41, 5.74) is 4.02. The van der Waals surface area contributed by atoms with Crippen LogP contribution in [0.15, 0.2) is 47.6 Å². The maximum Gasteiger partial charge on any atom is 0.335 e. The van der Waals surface area contributed by atoms with Crippen LogP contribution in [0.25, 0.3) is 0 Å². The van der Waals surface area contributed by atoms with E-state index in [1.807, 2.05) is 18.1 Å². The van der Waals surface area contributed by atoms with Crippen molar-refractivity contribution in [1.82, 2.24) is 0 Å². The van der Waals surface area contributed by atoms with Crippen LogP contribution in [0.1, 0.15) is 36.2 Å². The Morgan fingerprint density at radius 2 is 2.17 bits per heavy atom. The molecule has 2 N–H and O–H groups in total. The molecule has 4 nitrogen and oxygen atoms in total. The van der Waals surface area contributed by atoms with Gasteiger partial charge in [0.25, 0.3) is 0 Å². The normalized spacial score (nSPS) is 21.7. The molecule has 0 saturated carbocycles. The quantitative estimate of drug-likeness (QED) is 0.822. The third kappa shape index (κ3) is 2.86. The SMILES string of the molecule is CC1(C)Cc2cc(C(=O)O)ccc2NC1C1=CC=CC(=C=O)C1. The molecular formula is C19H19NO3. The van der Waals surface area contributed by atoms with E-state index >= 15 is 0 Å². The van der Waals surface area contributed by atoms with E-state index in [1.54, 1.807) is 18.2 Å². The van der Waals surface area contributed by atoms with Crippen molar-refractivity contribution in [3.05, 3.63) is 58.7 Å². The Balaban J connectivity index is 1.96. The standard InChI is InChI=1S/C19H19NO3/c1-19(2)10-15-9-14(18(22)23)6-7-16(15)20-17(19)13-5-3-4-12(8-13)11-21/h3-7,9,17,20H,8,10H2,1-2H3,(H,22,23). The molecule has 0 bridgehead atoms. The molecule has 1 unspecified atom stereocenters. The molecule has 118 valence electrons. The first-order valence-electron chi connectivity index (χ1n) is 7.64. The number of nitrogens with one attached hydrogen (secondary N) is 1. The number of carbonyl (C=O) groups excluding carboxylic acids is 1. The zero-order valence-electron chi connectivity index (χ0n) is 13.2. The van der Waals surface area contributed by atoms with Crippen molar-refractivity contribution in [2.75, 3.05) is 5.32 Å². The average Bonchev–Trinajstić information content (AvgIpc) is 2.52. The van der Waals surface area contributed by atoms with Crippen LogP contribution in [0, 0.1) is 5.41 Å². The molecule has 1 aromatic rings. The maximum atomic E-state index is 11.2. The second kappa shape index (κ2) is 5.56. The highest BCUT2D eigenvalue weighted by molar-refractivity contribution is 5.88. The molecule has 1 aliphatic heterocycles. The molecule has 4 heteroatoms. The van der Waals surface area contributed by atoms with Crippen LogP contribution in [0.3, 0.4) is 0 Å². The molecule has 1 aliphatic carbocycles. The van der Waals surface area contributed by atoms with E-state index in [0.29, 0.717) is 17.6 Å². The van der Waals surface area contributed by atoms with Gasteiger partial charge < -0.3 is 10.4 Å². The van der Waals surface area contributed by atoms with Crippen LogP contribution in [-0.2, 0) is 11.2 Å². The van der Waals surface area contributed by atoms with Crippen LogP contribution in [0.5, 0.6) is 0 Å². The molecule has 1 atom stereocenters. The summed E-state index contributed by atoms with van der Waals surface area (Å²) in [5, 5.41) is 12.7. The predicted molar refractivity (Wildman–Crippen MR) is 89.3 cm³/mol. The van der Waals surface area contributed by atoms with Gasteiger partial charge in [-0.05, 0) is 47.2 Å². The lowest BCUT2D eigenvalue weighted by Gasteiger charge is -2.42. The van der Waals surface area contributed by atoms with Gasteiger partial charge in [-0.3, -0.25) is 0 Å². The number of carboxylic acids is 1. The molecule has 1 aromatic carbocycles. The van der Waals surface area contributed by atoms with Gasteiger partial charge in [-0.25, -0.2) is 9.59 Å². The minimum atomic E-state index is -0.909. The Labute approximate surface area is 135 Å². The fourth-order valence-corrected chi connectivity index (χ4v) is 3.45. The molecule has 0 amide bonds. The average molecular weight is 309 g/mol. The van der Waals surface area contributed by atoms with E-state index in [4.69, 9.17) is 5.11 Å². The van der Waals surface area contributed by atoms with Crippen molar-refractivity contribution in [2.45, 2.75) is 32.7 Å². The topological polar surface area (TPSA) is 66.4 Å². The van der Waals surface area contributed by atoms with Crippen LogP contribution in [0.4, 0.5) is 5.69 Å². The largest absolute Gasteiger partial charge is 0.478 e. The van der Waals surface area contributed by atoms with Crippen LogP contribution in [-0.4, -0.2) is 23.1 Å². The Morgan fingerprint density at radius 1 is 1.39 bits per heavy atom. The van der Waals surface area contributed by atoms with Gasteiger partial charge in [0.2, 0.25) is 0 Å². The predicted octanol–water partition coefficient (Wildman–Crippen LogP) is 3.39. The minimum Gasteiger partial charge on any atom is -0.478 e. The van der Waals surface area contributed by atoms with Crippen molar-refractivity contribution in [3.63, 3.8) is 0 Å². The number of carboxylic acid groups (broad SMARTS) is 1. The van der Waals surface area contributed by atoms with E-state index in [0.717, 1.165) is 23.2 Å². The van der Waals surface area contributed by atoms with Crippen LogP contribution >= 0.6 is 0 Å². The zero-order chi connectivity index (χ0) is 16.6. The number of aromatic carboxylic acids is 1. The molecule has 3 rings (SSSR count). The highest BCUT2D eigenvalue weighted by Crippen LogP contribution is 2.41. The number of benzene rings is 1. The summed E-state index contributed by atoms with van der Waals surface area (Å²) in [7, 11) is 0. The van der Waals surface area contributed by atoms with Gasteiger partial charge in [-0.1, -0.05) is 26.0 Å². The van der Waals surface area contributed by atoms with Crippen molar-refractivity contribution in [2.24, 2.45) is 5.41 Å². The number of fused-ring (bicyclic) bond motifs is 1. The van der Waals surface area contributed by atoms with Gasteiger partial charge in [-0.15, -0.1) is 0 Å². The fourth-order valence-electron chi connectivity index (χ4n) is 3.45. The monoisotopic (exact) mass is 309 g/mol. The number of allylic oxidation sites excluding steroid dienone is 4. The number of hydrogen-bond acceptors (Lipinski definition) is 3. The lowest BCUT2D eigenvalue weighted by Crippen LogP contribution is -2.43. The molecule has 0 fully saturated rings. The first-order chi connectivity index (χ1) is 10.9. The van der Waals surface area contributed by atoms with Crippen molar-refractivity contribution in [1.29, 1.82) is 0 Å². The number of anilines is 1. The van der Waals surface area contributed by atoms with Gasteiger partial charge in [0, 0.05) is 17.7 Å². The van der Waals surface area contributed by atoms with E-state index < -0.39 is 5.97 Å². The Kier molecular flexibility index (Phi) is 3.70. The smallest absolute Gasteiger partial charge is 0.335 e. The Hall–Kier alpha value is -2.58. The van der Waals surface area contributed by atoms with Crippen molar-refractivity contribution < 1.29 is 14.7 Å². The van der Waals surface area contributed by atoms with Crippen LogP contribution in [0.2, 0.25) is 0 Å². The highest BCUT2D eigenvalue weighted by atomic mass is 16.4. The molecule has 0 spiro atoms. The van der Waals surface area contributed by atoms with E-state index in [-0.39, 0.29) is 11.5 Å². The van der Waals surface area contributed by atoms with Gasteiger partial charge in [0.15, 0.2) is 0 Å². The molecule has 2 aliphatic rings. The zero-order valence-corrected chi connectivity index (χ0v) is 13.2. The molecule has 0 aromatic heterocycles. The van der Waals surface area contributed by atoms with Crippen molar-refractivity contribution in [3.8, 4) is 0 Å². The maximum absolute atomic E-state index is 11.2. The third-order valence-corrected chi connectivity index (χ3v) is 4.58. The summed E-state index contributed by atoms with van der Waals surface area (Å²) in [4.78, 5) is 22.1. The molecule has 23 heavy (non-hydrogen) atoms. The third-order valence-electron chi connectivity index (χ3n) is 4.58. The Morgan fingerprint density at radius 3 is 2.87 bits per heavy atom. The van der Waals surface area contributed by atoms with Crippen molar-refractivity contribution >= 4 is 17.6 Å². The summed E-state index contributed by atoms with van der Waals surface area (Å²) in [6, 6.07) is 5.29. The summed E-state index contributed by atoms with van der Waals surface area (Å²) in [6.07, 6.45) is 7.11. The molecule has 0 saturated heterocycles. The molecular weight excluding hydrogens is 290 g/mol. The summed E-state index contributed by atoms with van der Waals surface area (Å²) in [6.45, 7) is 4.31. The van der Waals surface area contributed by atoms with Gasteiger partial charge in [-0.2, -0.15) is 0 Å². The van der Waals surface area contributed by atoms with Gasteiger partial charge >= 0.3 is 5.97 Å². The number of rotatable bonds is 2. The molecule has 0 radical (unpaired) electrons.